The lowest BCUT2D eigenvalue weighted by Crippen LogP contribution is -1.99. The third-order valence-corrected chi connectivity index (χ3v) is 4.10. The summed E-state index contributed by atoms with van der Waals surface area (Å²) < 4.78 is 0. The summed E-state index contributed by atoms with van der Waals surface area (Å²) in [5, 5.41) is 21.8. The highest BCUT2D eigenvalue weighted by Gasteiger charge is 2.11. The maximum absolute atomic E-state index is 10.4. The van der Waals surface area contributed by atoms with Crippen LogP contribution in [-0.2, 0) is 0 Å². The van der Waals surface area contributed by atoms with Crippen LogP contribution in [0.5, 0.6) is 0 Å². The molecule has 0 aliphatic carbocycles. The molecule has 0 saturated heterocycles. The molecule has 0 aliphatic rings. The smallest absolute Gasteiger partial charge is 0.111 e. The number of hydrogen-bond acceptors (Lipinski definition) is 2. The number of aliphatic hydroxyl groups excluding tert-OH is 2. The molecule has 0 radical (unpaired) electrons. The summed E-state index contributed by atoms with van der Waals surface area (Å²) in [6.07, 6.45) is 2.42. The second-order valence-corrected chi connectivity index (χ2v) is 6.16. The Morgan fingerprint density at radius 1 is 0.958 bits per heavy atom. The van der Waals surface area contributed by atoms with E-state index in [0.717, 1.165) is 5.56 Å². The molecule has 0 amide bonds. The van der Waals surface area contributed by atoms with Gasteiger partial charge in [0.1, 0.15) is 6.10 Å². The van der Waals surface area contributed by atoms with Crippen LogP contribution in [0.15, 0.2) is 78.6 Å². The summed E-state index contributed by atoms with van der Waals surface area (Å²) in [6, 6.07) is 14.0. The minimum absolute atomic E-state index is 0.403. The van der Waals surface area contributed by atoms with E-state index in [-0.39, 0.29) is 0 Å². The zero-order valence-electron chi connectivity index (χ0n) is 13.0. The van der Waals surface area contributed by atoms with Gasteiger partial charge in [-0.15, -0.1) is 5.73 Å². The van der Waals surface area contributed by atoms with Gasteiger partial charge in [0.05, 0.1) is 6.10 Å². The fourth-order valence-electron chi connectivity index (χ4n) is 2.22. The molecule has 0 aromatic heterocycles. The lowest BCUT2D eigenvalue weighted by Gasteiger charge is -2.11. The summed E-state index contributed by atoms with van der Waals surface area (Å²) in [4.78, 5) is 0. The number of hydrogen-bond donors (Lipinski definition) is 2. The molecule has 0 heterocycles. The highest BCUT2D eigenvalue weighted by Crippen LogP contribution is 2.24. The Labute approximate surface area is 152 Å². The molecule has 124 valence electrons. The number of halogens is 2. The molecule has 0 saturated carbocycles. The van der Waals surface area contributed by atoms with Crippen molar-refractivity contribution in [2.45, 2.75) is 18.6 Å². The largest absolute Gasteiger partial charge is 0.388 e. The van der Waals surface area contributed by atoms with E-state index in [0.29, 0.717) is 27.6 Å². The van der Waals surface area contributed by atoms with Crippen LogP contribution in [-0.4, -0.2) is 10.2 Å². The summed E-state index contributed by atoms with van der Waals surface area (Å²) in [6.45, 7) is 3.61. The lowest BCUT2D eigenvalue weighted by atomic mass is 10.0. The first-order chi connectivity index (χ1) is 11.5. The Bertz CT molecular complexity index is 742. The van der Waals surface area contributed by atoms with Gasteiger partial charge in [0.2, 0.25) is 0 Å². The molecule has 0 fully saturated rings. The Kier molecular flexibility index (Phi) is 6.86. The molecule has 0 bridgehead atoms. The first-order valence-electron chi connectivity index (χ1n) is 7.45. The lowest BCUT2D eigenvalue weighted by molar-refractivity contribution is 0.181. The summed E-state index contributed by atoms with van der Waals surface area (Å²) in [5.74, 6) is 0. The van der Waals surface area contributed by atoms with Crippen LogP contribution >= 0.6 is 23.2 Å². The van der Waals surface area contributed by atoms with Crippen molar-refractivity contribution in [1.29, 1.82) is 0 Å². The quantitative estimate of drug-likeness (QED) is 0.533. The van der Waals surface area contributed by atoms with Crippen LogP contribution in [0.1, 0.15) is 29.8 Å². The van der Waals surface area contributed by atoms with Gasteiger partial charge in [-0.3, -0.25) is 0 Å². The van der Waals surface area contributed by atoms with Crippen molar-refractivity contribution >= 4 is 23.2 Å². The van der Waals surface area contributed by atoms with Gasteiger partial charge < -0.3 is 10.2 Å². The second-order valence-electron chi connectivity index (χ2n) is 5.29. The average molecular weight is 361 g/mol. The van der Waals surface area contributed by atoms with Crippen molar-refractivity contribution in [2.24, 2.45) is 0 Å². The van der Waals surface area contributed by atoms with Crippen molar-refractivity contribution in [1.82, 2.24) is 0 Å². The van der Waals surface area contributed by atoms with Gasteiger partial charge in [-0.2, -0.15) is 0 Å². The van der Waals surface area contributed by atoms with Crippen LogP contribution in [0.2, 0.25) is 10.0 Å². The van der Waals surface area contributed by atoms with Gasteiger partial charge in [-0.25, -0.2) is 0 Å². The van der Waals surface area contributed by atoms with E-state index in [4.69, 9.17) is 23.2 Å². The van der Waals surface area contributed by atoms with E-state index >= 15 is 0 Å². The number of aliphatic hydroxyl groups is 2. The zero-order valence-corrected chi connectivity index (χ0v) is 14.5. The SMILES string of the molecule is C=C=C(/C=C/CC(O)c1ccc(Cl)cc1)C(O)c1ccc(Cl)cc1. The van der Waals surface area contributed by atoms with Gasteiger partial charge in [-0.05, 0) is 41.8 Å². The molecule has 24 heavy (non-hydrogen) atoms. The third-order valence-electron chi connectivity index (χ3n) is 3.60. The topological polar surface area (TPSA) is 40.5 Å². The second kappa shape index (κ2) is 8.89. The van der Waals surface area contributed by atoms with Gasteiger partial charge >= 0.3 is 0 Å². The Balaban J connectivity index is 2.01. The predicted octanol–water partition coefficient (Wildman–Crippen LogP) is 5.42. The monoisotopic (exact) mass is 360 g/mol. The molecule has 2 rings (SSSR count). The molecular formula is C20H18Cl2O2. The van der Waals surface area contributed by atoms with Crippen molar-refractivity contribution in [3.05, 3.63) is 99.7 Å². The fourth-order valence-corrected chi connectivity index (χ4v) is 2.47. The zero-order chi connectivity index (χ0) is 17.5. The molecule has 2 aromatic carbocycles. The maximum atomic E-state index is 10.4. The van der Waals surface area contributed by atoms with Crippen molar-refractivity contribution in [2.75, 3.05) is 0 Å². The first kappa shape index (κ1) is 18.5. The molecule has 2 N–H and O–H groups in total. The number of rotatable bonds is 6. The van der Waals surface area contributed by atoms with E-state index in [2.05, 4.69) is 12.3 Å². The van der Waals surface area contributed by atoms with Crippen LogP contribution in [0.3, 0.4) is 0 Å². The van der Waals surface area contributed by atoms with Crippen molar-refractivity contribution in [3.63, 3.8) is 0 Å². The Hall–Kier alpha value is -1.80. The molecule has 0 aliphatic heterocycles. The minimum Gasteiger partial charge on any atom is -0.388 e. The van der Waals surface area contributed by atoms with Crippen LogP contribution in [0, 0.1) is 0 Å². The van der Waals surface area contributed by atoms with Crippen LogP contribution < -0.4 is 0 Å². The first-order valence-corrected chi connectivity index (χ1v) is 8.20. The normalized spacial score (nSPS) is 13.5. The highest BCUT2D eigenvalue weighted by molar-refractivity contribution is 6.30. The summed E-state index contributed by atoms with van der Waals surface area (Å²) in [7, 11) is 0. The van der Waals surface area contributed by atoms with E-state index in [1.807, 2.05) is 0 Å². The molecule has 2 atom stereocenters. The Morgan fingerprint density at radius 2 is 1.46 bits per heavy atom. The summed E-state index contributed by atoms with van der Waals surface area (Å²) in [5.41, 5.74) is 4.75. The molecule has 2 aromatic rings. The van der Waals surface area contributed by atoms with E-state index < -0.39 is 12.2 Å². The molecule has 0 spiro atoms. The van der Waals surface area contributed by atoms with E-state index in [1.165, 1.54) is 0 Å². The highest BCUT2D eigenvalue weighted by atomic mass is 35.5. The van der Waals surface area contributed by atoms with Gasteiger partial charge in [0.25, 0.3) is 0 Å². The molecule has 4 heteroatoms. The molecule has 2 nitrogen and oxygen atoms in total. The van der Waals surface area contributed by atoms with Gasteiger partial charge in [0.15, 0.2) is 0 Å². The third kappa shape index (κ3) is 5.10. The standard InChI is InChI=1S/C20H18Cl2O2/c1-2-14(20(24)16-8-12-18(22)13-9-16)4-3-5-19(23)15-6-10-17(21)11-7-15/h3-4,6-13,19-20,23-24H,1,5H2/b4-3+. The average Bonchev–Trinajstić information content (AvgIpc) is 2.59. The minimum atomic E-state index is -0.844. The Morgan fingerprint density at radius 3 is 1.96 bits per heavy atom. The number of benzene rings is 2. The van der Waals surface area contributed by atoms with Crippen LogP contribution in [0.4, 0.5) is 0 Å². The molecular weight excluding hydrogens is 343 g/mol. The predicted molar refractivity (Wildman–Crippen MR) is 99.2 cm³/mol. The van der Waals surface area contributed by atoms with Crippen molar-refractivity contribution in [3.8, 4) is 0 Å². The van der Waals surface area contributed by atoms with Gasteiger partial charge in [-0.1, -0.05) is 66.2 Å². The van der Waals surface area contributed by atoms with E-state index in [1.54, 1.807) is 60.7 Å². The fraction of sp³-hybridized carbons (Fsp3) is 0.150. The summed E-state index contributed by atoms with van der Waals surface area (Å²) >= 11 is 11.7. The van der Waals surface area contributed by atoms with E-state index in [9.17, 15) is 10.2 Å². The van der Waals surface area contributed by atoms with Gasteiger partial charge in [0, 0.05) is 15.6 Å². The maximum Gasteiger partial charge on any atom is 0.111 e. The molecule has 2 unspecified atom stereocenters. The van der Waals surface area contributed by atoms with Crippen LogP contribution in [0.25, 0.3) is 0 Å². The van der Waals surface area contributed by atoms with Crippen molar-refractivity contribution < 1.29 is 10.2 Å².